The van der Waals surface area contributed by atoms with Crippen molar-refractivity contribution in [2.45, 2.75) is 19.8 Å². The Labute approximate surface area is 101 Å². The standard InChI is InChI=1S/C11H17ClN4/c1-8-6-14-11(15-10(8)12)16-4-2-3-9(5-13)7-16/h6,9H,2-5,7,13H2,1H3/t9-/m1/s1. The molecule has 1 atom stereocenters. The average molecular weight is 241 g/mol. The number of hydrogen-bond acceptors (Lipinski definition) is 4. The third kappa shape index (κ3) is 2.44. The van der Waals surface area contributed by atoms with Gasteiger partial charge in [0.15, 0.2) is 0 Å². The van der Waals surface area contributed by atoms with Crippen molar-refractivity contribution in [3.8, 4) is 0 Å². The van der Waals surface area contributed by atoms with Crippen LogP contribution in [0.2, 0.25) is 5.15 Å². The molecule has 16 heavy (non-hydrogen) atoms. The van der Waals surface area contributed by atoms with Crippen molar-refractivity contribution in [3.63, 3.8) is 0 Å². The molecule has 0 amide bonds. The van der Waals surface area contributed by atoms with Gasteiger partial charge in [0.1, 0.15) is 5.15 Å². The van der Waals surface area contributed by atoms with Crippen LogP contribution in [0, 0.1) is 12.8 Å². The van der Waals surface area contributed by atoms with E-state index in [0.717, 1.165) is 37.6 Å². The molecular weight excluding hydrogens is 224 g/mol. The van der Waals surface area contributed by atoms with Gasteiger partial charge >= 0.3 is 0 Å². The van der Waals surface area contributed by atoms with Crippen molar-refractivity contribution in [2.24, 2.45) is 11.7 Å². The zero-order valence-electron chi connectivity index (χ0n) is 9.49. The molecule has 0 spiro atoms. The number of aryl methyl sites for hydroxylation is 1. The topological polar surface area (TPSA) is 55.0 Å². The van der Waals surface area contributed by atoms with Crippen LogP contribution >= 0.6 is 11.6 Å². The summed E-state index contributed by atoms with van der Waals surface area (Å²) in [5.41, 5.74) is 6.62. The van der Waals surface area contributed by atoms with Crippen LogP contribution in [0.3, 0.4) is 0 Å². The smallest absolute Gasteiger partial charge is 0.226 e. The summed E-state index contributed by atoms with van der Waals surface area (Å²) in [5, 5.41) is 0.542. The summed E-state index contributed by atoms with van der Waals surface area (Å²) in [4.78, 5) is 10.8. The molecule has 0 aromatic carbocycles. The van der Waals surface area contributed by atoms with Crippen LogP contribution in [0.25, 0.3) is 0 Å². The highest BCUT2D eigenvalue weighted by Gasteiger charge is 2.20. The predicted octanol–water partition coefficient (Wildman–Crippen LogP) is 1.61. The largest absolute Gasteiger partial charge is 0.340 e. The Morgan fingerprint density at radius 3 is 3.12 bits per heavy atom. The molecule has 88 valence electrons. The second-order valence-corrected chi connectivity index (χ2v) is 4.69. The first-order chi connectivity index (χ1) is 7.70. The number of aromatic nitrogens is 2. The van der Waals surface area contributed by atoms with E-state index in [-0.39, 0.29) is 0 Å². The normalized spacial score (nSPS) is 21.2. The van der Waals surface area contributed by atoms with Crippen molar-refractivity contribution in [1.29, 1.82) is 0 Å². The summed E-state index contributed by atoms with van der Waals surface area (Å²) in [6.45, 7) is 4.58. The maximum absolute atomic E-state index is 6.00. The number of nitrogens with two attached hydrogens (primary N) is 1. The first-order valence-corrected chi connectivity index (χ1v) is 6.02. The summed E-state index contributed by atoms with van der Waals surface area (Å²) in [5.74, 6) is 1.28. The molecule has 5 heteroatoms. The Morgan fingerprint density at radius 2 is 2.44 bits per heavy atom. The molecule has 0 bridgehead atoms. The molecule has 1 saturated heterocycles. The molecule has 2 rings (SSSR count). The lowest BCUT2D eigenvalue weighted by Crippen LogP contribution is -2.39. The summed E-state index contributed by atoms with van der Waals surface area (Å²) in [7, 11) is 0. The summed E-state index contributed by atoms with van der Waals surface area (Å²) in [6.07, 6.45) is 4.13. The summed E-state index contributed by atoms with van der Waals surface area (Å²) in [6, 6.07) is 0. The number of nitrogens with zero attached hydrogens (tertiary/aromatic N) is 3. The van der Waals surface area contributed by atoms with E-state index in [1.807, 2.05) is 6.92 Å². The van der Waals surface area contributed by atoms with Gasteiger partial charge < -0.3 is 10.6 Å². The maximum atomic E-state index is 6.00. The maximum Gasteiger partial charge on any atom is 0.226 e. The SMILES string of the molecule is Cc1cnc(N2CCC[C@H](CN)C2)nc1Cl. The third-order valence-electron chi connectivity index (χ3n) is 3.03. The molecule has 0 aliphatic carbocycles. The predicted molar refractivity (Wildman–Crippen MR) is 65.8 cm³/mol. The number of anilines is 1. The quantitative estimate of drug-likeness (QED) is 0.799. The van der Waals surface area contributed by atoms with Crippen molar-refractivity contribution < 1.29 is 0 Å². The van der Waals surface area contributed by atoms with Crippen molar-refractivity contribution in [2.75, 3.05) is 24.5 Å². The lowest BCUT2D eigenvalue weighted by molar-refractivity contribution is 0.419. The van der Waals surface area contributed by atoms with Gasteiger partial charge in [0.25, 0.3) is 0 Å². The molecule has 1 aromatic heterocycles. The zero-order valence-corrected chi connectivity index (χ0v) is 10.2. The van der Waals surface area contributed by atoms with E-state index in [9.17, 15) is 0 Å². The van der Waals surface area contributed by atoms with E-state index in [0.29, 0.717) is 11.1 Å². The highest BCUT2D eigenvalue weighted by Crippen LogP contribution is 2.21. The Balaban J connectivity index is 2.13. The molecule has 2 heterocycles. The van der Waals surface area contributed by atoms with Crippen LogP contribution in [0.5, 0.6) is 0 Å². The fourth-order valence-corrected chi connectivity index (χ4v) is 2.13. The lowest BCUT2D eigenvalue weighted by Gasteiger charge is -2.32. The molecule has 1 aliphatic heterocycles. The Morgan fingerprint density at radius 1 is 1.62 bits per heavy atom. The van der Waals surface area contributed by atoms with Gasteiger partial charge in [-0.3, -0.25) is 0 Å². The molecule has 1 aliphatic rings. The van der Waals surface area contributed by atoms with Crippen LogP contribution in [-0.4, -0.2) is 29.6 Å². The van der Waals surface area contributed by atoms with E-state index in [1.54, 1.807) is 6.20 Å². The monoisotopic (exact) mass is 240 g/mol. The van der Waals surface area contributed by atoms with Crippen LogP contribution in [0.4, 0.5) is 5.95 Å². The van der Waals surface area contributed by atoms with Crippen molar-refractivity contribution in [3.05, 3.63) is 16.9 Å². The highest BCUT2D eigenvalue weighted by atomic mass is 35.5. The Hall–Kier alpha value is -0.870. The van der Waals surface area contributed by atoms with E-state index in [4.69, 9.17) is 17.3 Å². The number of halogens is 1. The number of rotatable bonds is 2. The average Bonchev–Trinajstić information content (AvgIpc) is 2.33. The Kier molecular flexibility index (Phi) is 3.61. The van der Waals surface area contributed by atoms with Gasteiger partial charge in [0.05, 0.1) is 0 Å². The molecule has 1 fully saturated rings. The first kappa shape index (κ1) is 11.6. The molecule has 0 unspecified atom stereocenters. The summed E-state index contributed by atoms with van der Waals surface area (Å²) < 4.78 is 0. The van der Waals surface area contributed by atoms with Gasteiger partial charge in [-0.2, -0.15) is 0 Å². The molecule has 0 saturated carbocycles. The van der Waals surface area contributed by atoms with Crippen LogP contribution in [0.15, 0.2) is 6.20 Å². The molecule has 0 radical (unpaired) electrons. The van der Waals surface area contributed by atoms with Crippen molar-refractivity contribution in [1.82, 2.24) is 9.97 Å². The molecular formula is C11H17ClN4. The van der Waals surface area contributed by atoms with Gasteiger partial charge in [-0.1, -0.05) is 11.6 Å². The van der Waals surface area contributed by atoms with E-state index in [2.05, 4.69) is 14.9 Å². The summed E-state index contributed by atoms with van der Waals surface area (Å²) >= 11 is 6.00. The van der Waals surface area contributed by atoms with E-state index in [1.165, 1.54) is 6.42 Å². The third-order valence-corrected chi connectivity index (χ3v) is 3.41. The second-order valence-electron chi connectivity index (χ2n) is 4.33. The highest BCUT2D eigenvalue weighted by molar-refractivity contribution is 6.30. The van der Waals surface area contributed by atoms with Crippen LogP contribution in [0.1, 0.15) is 18.4 Å². The van der Waals surface area contributed by atoms with Gasteiger partial charge in [-0.15, -0.1) is 0 Å². The van der Waals surface area contributed by atoms with E-state index >= 15 is 0 Å². The molecule has 1 aromatic rings. The lowest BCUT2D eigenvalue weighted by atomic mass is 9.99. The number of hydrogen-bond donors (Lipinski definition) is 1. The van der Waals surface area contributed by atoms with Crippen LogP contribution < -0.4 is 10.6 Å². The minimum atomic E-state index is 0.542. The van der Waals surface area contributed by atoms with Crippen LogP contribution in [-0.2, 0) is 0 Å². The minimum Gasteiger partial charge on any atom is -0.340 e. The zero-order chi connectivity index (χ0) is 11.5. The van der Waals surface area contributed by atoms with Gasteiger partial charge in [0.2, 0.25) is 5.95 Å². The molecule has 2 N–H and O–H groups in total. The fraction of sp³-hybridized carbons (Fsp3) is 0.636. The van der Waals surface area contributed by atoms with Gasteiger partial charge in [-0.05, 0) is 32.2 Å². The van der Waals surface area contributed by atoms with Gasteiger partial charge in [-0.25, -0.2) is 9.97 Å². The molecule has 4 nitrogen and oxygen atoms in total. The number of piperidine rings is 1. The van der Waals surface area contributed by atoms with E-state index < -0.39 is 0 Å². The Bertz CT molecular complexity index is 369. The van der Waals surface area contributed by atoms with Gasteiger partial charge in [0, 0.05) is 24.8 Å². The van der Waals surface area contributed by atoms with Crippen molar-refractivity contribution >= 4 is 17.5 Å². The second kappa shape index (κ2) is 4.97. The minimum absolute atomic E-state index is 0.542. The first-order valence-electron chi connectivity index (χ1n) is 5.65. The fourth-order valence-electron chi connectivity index (χ4n) is 2.00.